The van der Waals surface area contributed by atoms with E-state index in [-0.39, 0.29) is 0 Å². The van der Waals surface area contributed by atoms with Crippen LogP contribution in [0.15, 0.2) is 3.34 Å². The molecule has 0 atom stereocenters. The molecule has 0 aromatic heterocycles. The zero-order valence-corrected chi connectivity index (χ0v) is 13.3. The molecule has 0 spiro atoms. The standard InChI is InChI=1S/C3H7N.3C2H5.CH4N.Ta/c1-3(2)4;4*1-2;/h3H,1-2H3;3*1H2,2H3;2H,1H3;/q;4*-1;. The fraction of sp³-hybridized carbons (Fsp3) is 0.700. The Kier molecular flexibility index (Phi) is 183. The second kappa shape index (κ2) is 81.6. The summed E-state index contributed by atoms with van der Waals surface area (Å²) < 4.78 is 4.00. The second-order valence-electron chi connectivity index (χ2n) is 1.21. The number of rotatable bonds is 1. The van der Waals surface area contributed by atoms with Crippen LogP contribution >= 0.6 is 0 Å². The van der Waals surface area contributed by atoms with Gasteiger partial charge in [0.1, 0.15) is 0 Å². The zero-order valence-electron chi connectivity index (χ0n) is 10.1. The van der Waals surface area contributed by atoms with Crippen molar-refractivity contribution in [3.8, 4) is 0 Å². The third-order valence-corrected chi connectivity index (χ3v) is 1.89. The van der Waals surface area contributed by atoms with Gasteiger partial charge in [-0.1, -0.05) is 0 Å². The third kappa shape index (κ3) is 220. The van der Waals surface area contributed by atoms with Crippen LogP contribution in [-0.2, 0) is 20.9 Å². The molecule has 3 heteroatoms. The maximum atomic E-state index is 5.75. The maximum Gasteiger partial charge on any atom is -0.164 e. The van der Waals surface area contributed by atoms with Gasteiger partial charge < -0.3 is 26.5 Å². The Morgan fingerprint density at radius 3 is 1.00 bits per heavy atom. The van der Waals surface area contributed by atoms with Crippen molar-refractivity contribution in [2.75, 3.05) is 7.05 Å². The van der Waals surface area contributed by atoms with E-state index >= 15 is 0 Å². The third-order valence-electron chi connectivity index (χ3n) is 0.231. The van der Waals surface area contributed by atoms with Gasteiger partial charge in [0.05, 0.1) is 0 Å². The summed E-state index contributed by atoms with van der Waals surface area (Å²) in [7, 11) is 1.25. The first-order chi connectivity index (χ1) is 6.27. The summed E-state index contributed by atoms with van der Waals surface area (Å²) in [6, 6.07) is 0.559. The maximum absolute atomic E-state index is 5.75. The fourth-order valence-electron chi connectivity index (χ4n) is 0. The van der Waals surface area contributed by atoms with Gasteiger partial charge in [0, 0.05) is 0 Å². The molecule has 0 aromatic rings. The Labute approximate surface area is 98.5 Å². The molecule has 0 bridgehead atoms. The number of hydrogen-bond donors (Lipinski definition) is 0. The smallest absolute Gasteiger partial charge is 0.164 e. The Morgan fingerprint density at radius 2 is 1.00 bits per heavy atom. The average molecular weight is 355 g/mol. The van der Waals surface area contributed by atoms with Gasteiger partial charge in [-0.15, -0.1) is 0 Å². The van der Waals surface area contributed by atoms with E-state index in [0.29, 0.717) is 6.04 Å². The molecular formula is C10H26N2Ta-4. The van der Waals surface area contributed by atoms with E-state index < -0.39 is 0 Å². The van der Waals surface area contributed by atoms with Gasteiger partial charge in [-0.05, 0) is 0 Å². The van der Waals surface area contributed by atoms with Crippen molar-refractivity contribution in [2.24, 2.45) is 3.34 Å². The van der Waals surface area contributed by atoms with Gasteiger partial charge in [-0.2, -0.15) is 27.8 Å². The first kappa shape index (κ1) is 29.2. The van der Waals surface area contributed by atoms with Gasteiger partial charge in [0.2, 0.25) is 0 Å². The average Bonchev–Trinajstić information content (AvgIpc) is 2.29. The Balaban J connectivity index is -0.0000000230. The van der Waals surface area contributed by atoms with Crippen LogP contribution in [0.2, 0.25) is 0 Å². The second-order valence-corrected chi connectivity index (χ2v) is 2.04. The van der Waals surface area contributed by atoms with Crippen LogP contribution in [0.3, 0.4) is 0 Å². The molecule has 0 rings (SSSR count). The van der Waals surface area contributed by atoms with Crippen molar-refractivity contribution in [2.45, 2.75) is 40.7 Å². The van der Waals surface area contributed by atoms with Crippen molar-refractivity contribution < 1.29 is 20.9 Å². The van der Waals surface area contributed by atoms with Gasteiger partial charge in [-0.25, -0.2) is 0 Å². The van der Waals surface area contributed by atoms with Crippen LogP contribution in [-0.4, -0.2) is 13.1 Å². The number of nitrogens with zero attached hydrogens (tertiary/aromatic N) is 1. The van der Waals surface area contributed by atoms with Gasteiger partial charge in [0.25, 0.3) is 0 Å². The number of nitrogens with one attached hydrogen (secondary N) is 1. The van der Waals surface area contributed by atoms with Crippen LogP contribution in [0.25, 0.3) is 5.73 Å². The van der Waals surface area contributed by atoms with Crippen molar-refractivity contribution in [3.05, 3.63) is 26.5 Å². The quantitative estimate of drug-likeness (QED) is 0.629. The van der Waals surface area contributed by atoms with Gasteiger partial charge in [0.15, 0.2) is 0 Å². The molecule has 0 aliphatic carbocycles. The van der Waals surface area contributed by atoms with Crippen molar-refractivity contribution in [1.29, 1.82) is 0 Å². The van der Waals surface area contributed by atoms with Gasteiger partial charge in [-0.3, -0.25) is 0 Å². The fourth-order valence-corrected chi connectivity index (χ4v) is 0. The number of hydrogen-bond acceptors (Lipinski definition) is 1. The summed E-state index contributed by atoms with van der Waals surface area (Å²) >= 11 is 1.16. The zero-order chi connectivity index (χ0) is 12.3. The first-order valence-electron chi connectivity index (χ1n) is 4.23. The monoisotopic (exact) mass is 355 g/mol. The van der Waals surface area contributed by atoms with Crippen LogP contribution in [0.4, 0.5) is 0 Å². The van der Waals surface area contributed by atoms with E-state index in [2.05, 4.69) is 38.0 Å². The molecule has 0 aliphatic heterocycles. The molecule has 13 heavy (non-hydrogen) atoms. The topological polar surface area (TPSA) is 36.2 Å². The van der Waals surface area contributed by atoms with Crippen LogP contribution in [0.5, 0.6) is 0 Å². The van der Waals surface area contributed by atoms with Crippen LogP contribution in [0.1, 0.15) is 34.6 Å². The summed E-state index contributed by atoms with van der Waals surface area (Å²) in [5.41, 5.74) is 5.75. The summed E-state index contributed by atoms with van der Waals surface area (Å²) in [6.07, 6.45) is 0. The molecule has 0 unspecified atom stereocenters. The van der Waals surface area contributed by atoms with Crippen LogP contribution < -0.4 is 0 Å². The molecule has 0 saturated heterocycles. The van der Waals surface area contributed by atoms with E-state index in [9.17, 15) is 0 Å². The van der Waals surface area contributed by atoms with E-state index in [4.69, 9.17) is 5.73 Å². The molecule has 0 amide bonds. The largest absolute Gasteiger partial charge is 0.680 e. The molecule has 0 saturated carbocycles. The molecule has 0 heterocycles. The summed E-state index contributed by atoms with van der Waals surface area (Å²) in [5, 5.41) is 0. The first-order valence-corrected chi connectivity index (χ1v) is 5.67. The van der Waals surface area contributed by atoms with E-state index in [0.717, 1.165) is 20.9 Å². The summed E-state index contributed by atoms with van der Waals surface area (Å²) in [5.74, 6) is 0. The van der Waals surface area contributed by atoms with E-state index in [1.54, 1.807) is 20.8 Å². The molecule has 0 fully saturated rings. The van der Waals surface area contributed by atoms with Crippen molar-refractivity contribution in [3.63, 3.8) is 0 Å². The SMILES string of the molecule is CC(C)[N]=[Ta].C[NH-].[CH2-]C.[CH2-]C.[CH2-]C. The van der Waals surface area contributed by atoms with E-state index in [1.807, 2.05) is 0 Å². The minimum absolute atomic E-state index is 0.559. The summed E-state index contributed by atoms with van der Waals surface area (Å²) in [6.45, 7) is 19.2. The minimum Gasteiger partial charge on any atom is -0.680 e. The Bertz CT molecular complexity index is 39.9. The predicted octanol–water partition coefficient (Wildman–Crippen LogP) is 4.31. The molecule has 0 aliphatic rings. The molecule has 2 nitrogen and oxygen atoms in total. The minimum atomic E-state index is 0.559. The molecular weight excluding hydrogens is 329 g/mol. The van der Waals surface area contributed by atoms with Crippen molar-refractivity contribution in [1.82, 2.24) is 0 Å². The van der Waals surface area contributed by atoms with Crippen molar-refractivity contribution >= 4 is 0 Å². The van der Waals surface area contributed by atoms with Gasteiger partial charge >= 0.3 is 44.1 Å². The normalized spacial score (nSPS) is 5.08. The van der Waals surface area contributed by atoms with E-state index in [1.165, 1.54) is 7.05 Å². The molecule has 0 aromatic carbocycles. The Hall–Kier alpha value is 0.500. The Morgan fingerprint density at radius 1 is 0.923 bits per heavy atom. The molecule has 1 N–H and O–H groups in total. The predicted molar refractivity (Wildman–Crippen MR) is 60.9 cm³/mol. The molecule has 0 radical (unpaired) electrons. The molecule has 85 valence electrons. The van der Waals surface area contributed by atoms with Crippen LogP contribution in [0, 0.1) is 20.8 Å². The summed E-state index contributed by atoms with van der Waals surface area (Å²) in [4.78, 5) is 0.